The lowest BCUT2D eigenvalue weighted by Crippen LogP contribution is -2.35. The number of rotatable bonds is 2. The molecule has 0 unspecified atom stereocenters. The molecule has 1 aromatic carbocycles. The lowest BCUT2D eigenvalue weighted by molar-refractivity contribution is -0.147. The van der Waals surface area contributed by atoms with Gasteiger partial charge in [-0.25, -0.2) is 0 Å². The van der Waals surface area contributed by atoms with Crippen LogP contribution in [-0.4, -0.2) is 35.0 Å². The Morgan fingerprint density at radius 3 is 2.63 bits per heavy atom. The van der Waals surface area contributed by atoms with Crippen molar-refractivity contribution in [2.45, 2.75) is 13.3 Å². The fourth-order valence-corrected chi connectivity index (χ4v) is 2.51. The van der Waals surface area contributed by atoms with Crippen molar-refractivity contribution in [2.75, 3.05) is 13.1 Å². The van der Waals surface area contributed by atoms with Crippen LogP contribution in [0.2, 0.25) is 10.0 Å². The summed E-state index contributed by atoms with van der Waals surface area (Å²) in [7, 11) is 0. The van der Waals surface area contributed by atoms with E-state index in [0.717, 1.165) is 0 Å². The van der Waals surface area contributed by atoms with Gasteiger partial charge in [-0.05, 0) is 31.5 Å². The number of carboxylic acid groups (broad SMARTS) is 1. The van der Waals surface area contributed by atoms with Gasteiger partial charge in [0.1, 0.15) is 0 Å². The third-order valence-electron chi connectivity index (χ3n) is 3.44. The number of carbonyl (C=O) groups excluding carboxylic acids is 1. The number of carboxylic acids is 1. The van der Waals surface area contributed by atoms with Gasteiger partial charge in [-0.2, -0.15) is 0 Å². The van der Waals surface area contributed by atoms with Gasteiger partial charge in [0.15, 0.2) is 0 Å². The van der Waals surface area contributed by atoms with Crippen LogP contribution < -0.4 is 0 Å². The van der Waals surface area contributed by atoms with Gasteiger partial charge in [-0.3, -0.25) is 9.59 Å². The Bertz CT molecular complexity index is 547. The fourth-order valence-electron chi connectivity index (χ4n) is 2.14. The number of likely N-dealkylation sites (tertiary alicyclic amines) is 1. The van der Waals surface area contributed by atoms with Crippen molar-refractivity contribution in [1.29, 1.82) is 0 Å². The highest BCUT2D eigenvalue weighted by atomic mass is 35.5. The summed E-state index contributed by atoms with van der Waals surface area (Å²) in [6.07, 6.45) is 0.437. The lowest BCUT2D eigenvalue weighted by Gasteiger charge is -2.20. The third kappa shape index (κ3) is 2.69. The molecule has 0 radical (unpaired) electrons. The summed E-state index contributed by atoms with van der Waals surface area (Å²) in [4.78, 5) is 25.0. The highest BCUT2D eigenvalue weighted by Gasteiger charge is 2.42. The molecule has 0 aliphatic carbocycles. The maximum atomic E-state index is 12.3. The number of halogens is 2. The average molecular weight is 302 g/mol. The third-order valence-corrected chi connectivity index (χ3v) is 4.00. The van der Waals surface area contributed by atoms with Crippen LogP contribution in [0.25, 0.3) is 0 Å². The van der Waals surface area contributed by atoms with Crippen molar-refractivity contribution in [3.63, 3.8) is 0 Å². The monoisotopic (exact) mass is 301 g/mol. The van der Waals surface area contributed by atoms with Crippen LogP contribution in [0.4, 0.5) is 0 Å². The van der Waals surface area contributed by atoms with E-state index in [9.17, 15) is 9.59 Å². The maximum absolute atomic E-state index is 12.3. The van der Waals surface area contributed by atoms with Crippen LogP contribution in [0.1, 0.15) is 23.7 Å². The van der Waals surface area contributed by atoms with Gasteiger partial charge < -0.3 is 10.0 Å². The second kappa shape index (κ2) is 5.02. The molecule has 1 aliphatic rings. The van der Waals surface area contributed by atoms with Crippen molar-refractivity contribution in [1.82, 2.24) is 4.90 Å². The lowest BCUT2D eigenvalue weighted by atomic mass is 9.90. The molecule has 0 saturated carbocycles. The minimum Gasteiger partial charge on any atom is -0.481 e. The molecule has 1 heterocycles. The van der Waals surface area contributed by atoms with Crippen LogP contribution in [0.15, 0.2) is 18.2 Å². The number of amides is 1. The predicted octanol–water partition coefficient (Wildman–Crippen LogP) is 2.93. The number of aliphatic carboxylic acids is 1. The standard InChI is InChI=1S/C13H13Cl2NO3/c1-13(12(18)19)4-5-16(7-13)11(17)9-6-8(14)2-3-10(9)15/h2-3,6H,4-5,7H2,1H3,(H,18,19)/t13-/m1/s1. The van der Waals surface area contributed by atoms with Crippen LogP contribution in [0, 0.1) is 5.41 Å². The summed E-state index contributed by atoms with van der Waals surface area (Å²) in [5, 5.41) is 9.90. The van der Waals surface area contributed by atoms with Crippen LogP contribution in [0.3, 0.4) is 0 Å². The van der Waals surface area contributed by atoms with Crippen LogP contribution in [-0.2, 0) is 4.79 Å². The molecule has 1 fully saturated rings. The molecular formula is C13H13Cl2NO3. The Morgan fingerprint density at radius 1 is 1.37 bits per heavy atom. The van der Waals surface area contributed by atoms with E-state index in [1.54, 1.807) is 19.1 Å². The molecule has 0 bridgehead atoms. The second-order valence-corrected chi connectivity index (χ2v) is 5.81. The van der Waals surface area contributed by atoms with Gasteiger partial charge in [-0.15, -0.1) is 0 Å². The summed E-state index contributed by atoms with van der Waals surface area (Å²) >= 11 is 11.8. The number of hydrogen-bond donors (Lipinski definition) is 1. The van der Waals surface area contributed by atoms with Gasteiger partial charge in [0.05, 0.1) is 16.0 Å². The molecule has 1 atom stereocenters. The number of benzene rings is 1. The zero-order valence-corrected chi connectivity index (χ0v) is 11.8. The van der Waals surface area contributed by atoms with Gasteiger partial charge >= 0.3 is 5.97 Å². The van der Waals surface area contributed by atoms with Gasteiger partial charge in [0.2, 0.25) is 0 Å². The summed E-state index contributed by atoms with van der Waals surface area (Å²) in [5.41, 5.74) is -0.579. The van der Waals surface area contributed by atoms with Crippen LogP contribution >= 0.6 is 23.2 Å². The van der Waals surface area contributed by atoms with Crippen molar-refractivity contribution < 1.29 is 14.7 Å². The first-order chi connectivity index (χ1) is 8.83. The Kier molecular flexibility index (Phi) is 3.74. The first kappa shape index (κ1) is 14.2. The van der Waals surface area contributed by atoms with E-state index < -0.39 is 11.4 Å². The summed E-state index contributed by atoms with van der Waals surface area (Å²) in [5.74, 6) is -1.17. The molecule has 6 heteroatoms. The normalized spacial score (nSPS) is 22.6. The van der Waals surface area contributed by atoms with Crippen molar-refractivity contribution in [3.8, 4) is 0 Å². The average Bonchev–Trinajstić information content (AvgIpc) is 2.76. The number of hydrogen-bond acceptors (Lipinski definition) is 2. The highest BCUT2D eigenvalue weighted by Crippen LogP contribution is 2.32. The summed E-state index contributed by atoms with van der Waals surface area (Å²) in [6.45, 7) is 2.23. The van der Waals surface area contributed by atoms with Gasteiger partial charge in [0, 0.05) is 18.1 Å². The molecule has 0 aromatic heterocycles. The molecule has 1 amide bonds. The molecule has 1 N–H and O–H groups in total. The fraction of sp³-hybridized carbons (Fsp3) is 0.385. The van der Waals surface area contributed by atoms with Crippen molar-refractivity contribution in [3.05, 3.63) is 33.8 Å². The minimum atomic E-state index is -0.889. The minimum absolute atomic E-state index is 0.185. The van der Waals surface area contributed by atoms with Crippen molar-refractivity contribution in [2.24, 2.45) is 5.41 Å². The SMILES string of the molecule is C[C@@]1(C(=O)O)CCN(C(=O)c2cc(Cl)ccc2Cl)C1. The molecule has 19 heavy (non-hydrogen) atoms. The van der Waals surface area contributed by atoms with E-state index >= 15 is 0 Å². The quantitative estimate of drug-likeness (QED) is 0.914. The van der Waals surface area contributed by atoms with Crippen LogP contribution in [0.5, 0.6) is 0 Å². The van der Waals surface area contributed by atoms with E-state index in [1.165, 1.54) is 11.0 Å². The second-order valence-electron chi connectivity index (χ2n) is 4.97. The van der Waals surface area contributed by atoms with E-state index in [4.69, 9.17) is 28.3 Å². The zero-order chi connectivity index (χ0) is 14.2. The topological polar surface area (TPSA) is 57.6 Å². The maximum Gasteiger partial charge on any atom is 0.311 e. The van der Waals surface area contributed by atoms with Gasteiger partial charge in [-0.1, -0.05) is 23.2 Å². The highest BCUT2D eigenvalue weighted by molar-refractivity contribution is 6.35. The van der Waals surface area contributed by atoms with E-state index in [1.807, 2.05) is 0 Å². The van der Waals surface area contributed by atoms with E-state index in [-0.39, 0.29) is 12.5 Å². The first-order valence-electron chi connectivity index (χ1n) is 5.81. The molecule has 1 aromatic rings. The largest absolute Gasteiger partial charge is 0.481 e. The zero-order valence-electron chi connectivity index (χ0n) is 10.3. The number of carbonyl (C=O) groups is 2. The summed E-state index contributed by atoms with van der Waals surface area (Å²) in [6, 6.07) is 4.66. The summed E-state index contributed by atoms with van der Waals surface area (Å²) < 4.78 is 0. The molecule has 4 nitrogen and oxygen atoms in total. The Labute approximate surface area is 120 Å². The molecule has 1 saturated heterocycles. The molecular weight excluding hydrogens is 289 g/mol. The smallest absolute Gasteiger partial charge is 0.311 e. The Hall–Kier alpha value is -1.26. The predicted molar refractivity (Wildman–Crippen MR) is 72.7 cm³/mol. The van der Waals surface area contributed by atoms with Gasteiger partial charge in [0.25, 0.3) is 5.91 Å². The molecule has 1 aliphatic heterocycles. The van der Waals surface area contributed by atoms with Crippen molar-refractivity contribution >= 4 is 35.1 Å². The molecule has 0 spiro atoms. The molecule has 102 valence electrons. The van der Waals surface area contributed by atoms with E-state index in [0.29, 0.717) is 28.6 Å². The van der Waals surface area contributed by atoms with E-state index in [2.05, 4.69) is 0 Å². The first-order valence-corrected chi connectivity index (χ1v) is 6.57. The number of nitrogens with zero attached hydrogens (tertiary/aromatic N) is 1. The Balaban J connectivity index is 2.22. The molecule has 2 rings (SSSR count). The Morgan fingerprint density at radius 2 is 2.05 bits per heavy atom.